The first-order chi connectivity index (χ1) is 11.3. The van der Waals surface area contributed by atoms with Gasteiger partial charge in [-0.05, 0) is 36.1 Å². The summed E-state index contributed by atoms with van der Waals surface area (Å²) in [5, 5.41) is 2.83. The lowest BCUT2D eigenvalue weighted by Gasteiger charge is -2.17. The van der Waals surface area contributed by atoms with E-state index in [0.29, 0.717) is 12.0 Å². The second kappa shape index (κ2) is 7.51. The zero-order valence-electron chi connectivity index (χ0n) is 13.6. The van der Waals surface area contributed by atoms with Crippen LogP contribution in [0.1, 0.15) is 48.9 Å². The molecule has 2 atom stereocenters. The van der Waals surface area contributed by atoms with Gasteiger partial charge in [0.05, 0.1) is 11.6 Å². The zero-order valence-corrected chi connectivity index (χ0v) is 13.6. The largest absolute Gasteiger partial charge is 0.416 e. The number of rotatable bonds is 5. The molecule has 0 radical (unpaired) electrons. The highest BCUT2D eigenvalue weighted by molar-refractivity contribution is 5.77. The highest BCUT2D eigenvalue weighted by Gasteiger charge is 2.30. The molecule has 2 aromatic carbocycles. The second-order valence-corrected chi connectivity index (χ2v) is 5.92. The fourth-order valence-corrected chi connectivity index (χ4v) is 2.52. The van der Waals surface area contributed by atoms with E-state index in [-0.39, 0.29) is 17.9 Å². The minimum absolute atomic E-state index is 0.0750. The van der Waals surface area contributed by atoms with Crippen LogP contribution < -0.4 is 5.32 Å². The van der Waals surface area contributed by atoms with Gasteiger partial charge in [0.2, 0.25) is 5.91 Å². The number of carbonyl (C=O) groups is 1. The Balaban J connectivity index is 1.94. The number of carbonyl (C=O) groups excluding carboxylic acids is 1. The van der Waals surface area contributed by atoms with E-state index in [1.165, 1.54) is 12.1 Å². The molecule has 0 bridgehead atoms. The Labute approximate surface area is 139 Å². The van der Waals surface area contributed by atoms with Crippen molar-refractivity contribution in [2.75, 3.05) is 0 Å². The average Bonchev–Trinajstić information content (AvgIpc) is 2.54. The van der Waals surface area contributed by atoms with Crippen molar-refractivity contribution in [3.8, 4) is 0 Å². The molecule has 2 nitrogen and oxygen atoms in total. The number of amides is 1. The molecule has 0 saturated carbocycles. The van der Waals surface area contributed by atoms with Crippen LogP contribution in [-0.4, -0.2) is 5.91 Å². The summed E-state index contributed by atoms with van der Waals surface area (Å²) < 4.78 is 37.7. The smallest absolute Gasteiger partial charge is 0.350 e. The first-order valence-corrected chi connectivity index (χ1v) is 7.79. The molecule has 1 amide bonds. The zero-order chi connectivity index (χ0) is 17.7. The van der Waals surface area contributed by atoms with E-state index in [0.717, 1.165) is 17.7 Å². The Kier molecular flexibility index (Phi) is 5.65. The Morgan fingerprint density at radius 3 is 2.08 bits per heavy atom. The minimum atomic E-state index is -4.35. The molecule has 0 heterocycles. The van der Waals surface area contributed by atoms with Gasteiger partial charge in [0.25, 0.3) is 0 Å². The van der Waals surface area contributed by atoms with Crippen LogP contribution in [-0.2, 0) is 11.0 Å². The van der Waals surface area contributed by atoms with Gasteiger partial charge in [0.15, 0.2) is 0 Å². The van der Waals surface area contributed by atoms with Crippen molar-refractivity contribution in [2.24, 2.45) is 0 Å². The van der Waals surface area contributed by atoms with Crippen molar-refractivity contribution in [3.63, 3.8) is 0 Å². The maximum Gasteiger partial charge on any atom is 0.416 e. The topological polar surface area (TPSA) is 29.1 Å². The molecule has 0 fully saturated rings. The number of hydrogen-bond acceptors (Lipinski definition) is 1. The van der Waals surface area contributed by atoms with Gasteiger partial charge in [-0.1, -0.05) is 49.4 Å². The Hall–Kier alpha value is -2.30. The lowest BCUT2D eigenvalue weighted by Crippen LogP contribution is -2.27. The van der Waals surface area contributed by atoms with Crippen LogP contribution >= 0.6 is 0 Å². The number of halogens is 3. The SMILES string of the molecule is CC(CC(=O)NC(C)c1ccc(C(F)(F)F)cc1)c1ccccc1. The summed E-state index contributed by atoms with van der Waals surface area (Å²) in [7, 11) is 0. The van der Waals surface area contributed by atoms with E-state index in [1.807, 2.05) is 37.3 Å². The molecule has 0 spiro atoms. The van der Waals surface area contributed by atoms with Crippen molar-refractivity contribution in [2.45, 2.75) is 38.4 Å². The molecular formula is C19H20F3NO. The standard InChI is InChI=1S/C19H20F3NO/c1-13(15-6-4-3-5-7-15)12-18(24)23-14(2)16-8-10-17(11-9-16)19(20,21)22/h3-11,13-14H,12H2,1-2H3,(H,23,24). The van der Waals surface area contributed by atoms with Gasteiger partial charge < -0.3 is 5.32 Å². The maximum absolute atomic E-state index is 12.6. The van der Waals surface area contributed by atoms with Crippen molar-refractivity contribution in [1.82, 2.24) is 5.32 Å². The number of alkyl halides is 3. The third kappa shape index (κ3) is 4.85. The summed E-state index contributed by atoms with van der Waals surface area (Å²) in [6.45, 7) is 3.73. The van der Waals surface area contributed by atoms with E-state index in [4.69, 9.17) is 0 Å². The summed E-state index contributed by atoms with van der Waals surface area (Å²) in [6, 6.07) is 14.2. The van der Waals surface area contributed by atoms with Gasteiger partial charge in [-0.3, -0.25) is 4.79 Å². The summed E-state index contributed by atoms with van der Waals surface area (Å²) in [5.74, 6) is -0.0512. The van der Waals surface area contributed by atoms with E-state index in [1.54, 1.807) is 6.92 Å². The van der Waals surface area contributed by atoms with E-state index < -0.39 is 11.7 Å². The number of benzene rings is 2. The molecule has 0 aromatic heterocycles. The lowest BCUT2D eigenvalue weighted by molar-refractivity contribution is -0.137. The normalized spacial score (nSPS) is 14.0. The third-order valence-corrected chi connectivity index (χ3v) is 3.98. The Bertz CT molecular complexity index is 665. The minimum Gasteiger partial charge on any atom is -0.350 e. The first-order valence-electron chi connectivity index (χ1n) is 7.79. The maximum atomic E-state index is 12.6. The molecule has 128 valence electrons. The quantitative estimate of drug-likeness (QED) is 0.811. The van der Waals surface area contributed by atoms with Gasteiger partial charge >= 0.3 is 6.18 Å². The van der Waals surface area contributed by atoms with Crippen molar-refractivity contribution in [1.29, 1.82) is 0 Å². The summed E-state index contributed by atoms with van der Waals surface area (Å²) in [6.07, 6.45) is -4.02. The second-order valence-electron chi connectivity index (χ2n) is 5.92. The van der Waals surface area contributed by atoms with Crippen molar-refractivity contribution < 1.29 is 18.0 Å². The highest BCUT2D eigenvalue weighted by atomic mass is 19.4. The predicted molar refractivity (Wildman–Crippen MR) is 87.5 cm³/mol. The monoisotopic (exact) mass is 335 g/mol. The molecule has 5 heteroatoms. The van der Waals surface area contributed by atoms with Crippen LogP contribution in [0.15, 0.2) is 54.6 Å². The van der Waals surface area contributed by atoms with E-state index in [9.17, 15) is 18.0 Å². The Morgan fingerprint density at radius 1 is 0.958 bits per heavy atom. The summed E-state index contributed by atoms with van der Waals surface area (Å²) in [5.41, 5.74) is 1.03. The van der Waals surface area contributed by atoms with Crippen LogP contribution in [0, 0.1) is 0 Å². The van der Waals surface area contributed by atoms with Crippen molar-refractivity contribution >= 4 is 5.91 Å². The van der Waals surface area contributed by atoms with Crippen LogP contribution in [0.2, 0.25) is 0 Å². The molecule has 1 N–H and O–H groups in total. The van der Waals surface area contributed by atoms with E-state index in [2.05, 4.69) is 5.32 Å². The number of hydrogen-bond donors (Lipinski definition) is 1. The first kappa shape index (κ1) is 18.0. The van der Waals surface area contributed by atoms with Gasteiger partial charge in [0, 0.05) is 6.42 Å². The number of nitrogens with one attached hydrogen (secondary N) is 1. The molecular weight excluding hydrogens is 315 g/mol. The molecule has 0 saturated heterocycles. The highest BCUT2D eigenvalue weighted by Crippen LogP contribution is 2.30. The fraction of sp³-hybridized carbons (Fsp3) is 0.316. The Morgan fingerprint density at radius 2 is 1.54 bits per heavy atom. The fourth-order valence-electron chi connectivity index (χ4n) is 2.52. The molecule has 0 aliphatic rings. The van der Waals surface area contributed by atoms with Crippen LogP contribution in [0.5, 0.6) is 0 Å². The summed E-state index contributed by atoms with van der Waals surface area (Å²) in [4.78, 5) is 12.1. The molecule has 2 unspecified atom stereocenters. The van der Waals surface area contributed by atoms with Gasteiger partial charge in [-0.2, -0.15) is 13.2 Å². The average molecular weight is 335 g/mol. The van der Waals surface area contributed by atoms with Crippen molar-refractivity contribution in [3.05, 3.63) is 71.3 Å². The lowest BCUT2D eigenvalue weighted by atomic mass is 9.97. The third-order valence-electron chi connectivity index (χ3n) is 3.98. The van der Waals surface area contributed by atoms with Crippen LogP contribution in [0.25, 0.3) is 0 Å². The molecule has 0 aliphatic carbocycles. The molecule has 24 heavy (non-hydrogen) atoms. The molecule has 0 aliphatic heterocycles. The van der Waals surface area contributed by atoms with Gasteiger partial charge in [-0.15, -0.1) is 0 Å². The van der Waals surface area contributed by atoms with E-state index >= 15 is 0 Å². The van der Waals surface area contributed by atoms with Gasteiger partial charge in [-0.25, -0.2) is 0 Å². The van der Waals surface area contributed by atoms with Gasteiger partial charge in [0.1, 0.15) is 0 Å². The van der Waals surface area contributed by atoms with Crippen LogP contribution in [0.4, 0.5) is 13.2 Å². The molecule has 2 aromatic rings. The molecule has 2 rings (SSSR count). The van der Waals surface area contributed by atoms with Crippen LogP contribution in [0.3, 0.4) is 0 Å². The predicted octanol–water partition coefficient (Wildman–Crippen LogP) is 5.08. The summed E-state index contributed by atoms with van der Waals surface area (Å²) >= 11 is 0.